The number of aliphatic carboxylic acids is 1. The lowest BCUT2D eigenvalue weighted by atomic mass is 9.79. The molecule has 0 aliphatic carbocycles. The van der Waals surface area contributed by atoms with Gasteiger partial charge in [-0.1, -0.05) is 6.92 Å². The fourth-order valence-corrected chi connectivity index (χ4v) is 5.96. The summed E-state index contributed by atoms with van der Waals surface area (Å²) in [5.74, 6) is -2.06. The van der Waals surface area contributed by atoms with Crippen LogP contribution in [0.3, 0.4) is 0 Å². The smallest absolute Gasteiger partial charge is 0.353 e. The minimum atomic E-state index is -1.10. The zero-order valence-electron chi connectivity index (χ0n) is 15.9. The van der Waals surface area contributed by atoms with Crippen molar-refractivity contribution < 1.29 is 24.9 Å². The van der Waals surface area contributed by atoms with Gasteiger partial charge in [0.1, 0.15) is 5.70 Å². The second kappa shape index (κ2) is 8.08. The Hall–Kier alpha value is -1.13. The SMILES string of the molecule is CNCC[C@H](O)[C@@H]1C[C@H](SC2=C(C(=O)O)N3C(=O)[C@H]([C@@H](C)O)[C@H]3[C@H]2C)CN1. The molecule has 27 heavy (non-hydrogen) atoms. The Morgan fingerprint density at radius 2 is 2.15 bits per heavy atom. The number of nitrogens with zero attached hydrogens (tertiary/aromatic N) is 1. The Kier molecular flexibility index (Phi) is 6.17. The van der Waals surface area contributed by atoms with Crippen molar-refractivity contribution in [2.75, 3.05) is 20.1 Å². The first-order valence-corrected chi connectivity index (χ1v) is 10.4. The first-order valence-electron chi connectivity index (χ1n) is 9.49. The Labute approximate surface area is 163 Å². The van der Waals surface area contributed by atoms with E-state index < -0.39 is 24.1 Å². The van der Waals surface area contributed by atoms with Gasteiger partial charge < -0.3 is 30.9 Å². The number of aliphatic hydroxyl groups is 2. The molecular formula is C18H29N3O5S. The van der Waals surface area contributed by atoms with E-state index in [4.69, 9.17) is 0 Å². The van der Waals surface area contributed by atoms with Gasteiger partial charge in [-0.2, -0.15) is 0 Å². The van der Waals surface area contributed by atoms with Crippen LogP contribution in [0, 0.1) is 11.8 Å². The van der Waals surface area contributed by atoms with Crippen LogP contribution in [0.5, 0.6) is 0 Å². The number of hydrogen-bond acceptors (Lipinski definition) is 7. The van der Waals surface area contributed by atoms with Crippen molar-refractivity contribution in [3.63, 3.8) is 0 Å². The molecule has 9 heteroatoms. The maximum absolute atomic E-state index is 12.4. The Bertz CT molecular complexity index is 640. The molecule has 1 amide bonds. The molecule has 0 aromatic heterocycles. The molecule has 0 aromatic rings. The lowest BCUT2D eigenvalue weighted by Gasteiger charge is -2.46. The number of fused-ring (bicyclic) bond motifs is 1. The highest BCUT2D eigenvalue weighted by Gasteiger charge is 2.60. The zero-order chi connectivity index (χ0) is 19.9. The molecule has 0 aromatic carbocycles. The van der Waals surface area contributed by atoms with E-state index in [0.29, 0.717) is 17.9 Å². The Morgan fingerprint density at radius 1 is 1.44 bits per heavy atom. The van der Waals surface area contributed by atoms with E-state index in [1.165, 1.54) is 16.7 Å². The van der Waals surface area contributed by atoms with Crippen molar-refractivity contribution in [1.29, 1.82) is 0 Å². The molecule has 0 saturated carbocycles. The van der Waals surface area contributed by atoms with Crippen LogP contribution >= 0.6 is 11.8 Å². The van der Waals surface area contributed by atoms with Crippen LogP contribution < -0.4 is 10.6 Å². The fourth-order valence-electron chi connectivity index (χ4n) is 4.47. The average molecular weight is 400 g/mol. The van der Waals surface area contributed by atoms with Gasteiger partial charge in [0.2, 0.25) is 5.91 Å². The molecule has 0 spiro atoms. The third-order valence-electron chi connectivity index (χ3n) is 5.88. The van der Waals surface area contributed by atoms with E-state index in [-0.39, 0.29) is 34.9 Å². The third-order valence-corrected chi connectivity index (χ3v) is 7.40. The summed E-state index contributed by atoms with van der Waals surface area (Å²) in [4.78, 5) is 26.3. The number of β-lactam (4-membered cyclic amide) rings is 1. The highest BCUT2D eigenvalue weighted by atomic mass is 32.2. The van der Waals surface area contributed by atoms with Gasteiger partial charge in [0.05, 0.1) is 24.2 Å². The molecule has 152 valence electrons. The summed E-state index contributed by atoms with van der Waals surface area (Å²) in [5.41, 5.74) is 0.0681. The van der Waals surface area contributed by atoms with Crippen LogP contribution in [0.15, 0.2) is 10.6 Å². The predicted molar refractivity (Wildman–Crippen MR) is 102 cm³/mol. The number of carboxylic acids is 1. The van der Waals surface area contributed by atoms with Crippen molar-refractivity contribution in [1.82, 2.24) is 15.5 Å². The molecule has 3 aliphatic heterocycles. The van der Waals surface area contributed by atoms with Crippen LogP contribution in [0.2, 0.25) is 0 Å². The lowest BCUT2D eigenvalue weighted by molar-refractivity contribution is -0.163. The molecule has 0 unspecified atom stereocenters. The molecule has 3 rings (SSSR count). The molecule has 2 fully saturated rings. The van der Waals surface area contributed by atoms with E-state index in [2.05, 4.69) is 10.6 Å². The van der Waals surface area contributed by atoms with Crippen LogP contribution in [-0.2, 0) is 9.59 Å². The molecule has 7 atom stereocenters. The zero-order valence-corrected chi connectivity index (χ0v) is 16.7. The predicted octanol–water partition coefficient (Wildman–Crippen LogP) is -0.426. The number of carbonyl (C=O) groups excluding carboxylic acids is 1. The van der Waals surface area contributed by atoms with Gasteiger partial charge in [0.15, 0.2) is 0 Å². The second-order valence-corrected chi connectivity index (χ2v) is 9.06. The van der Waals surface area contributed by atoms with Gasteiger partial charge >= 0.3 is 5.97 Å². The molecule has 3 heterocycles. The van der Waals surface area contributed by atoms with Gasteiger partial charge in [-0.05, 0) is 33.4 Å². The van der Waals surface area contributed by atoms with Crippen LogP contribution in [0.1, 0.15) is 26.7 Å². The summed E-state index contributed by atoms with van der Waals surface area (Å²) < 4.78 is 0. The van der Waals surface area contributed by atoms with Gasteiger partial charge in [-0.15, -0.1) is 11.8 Å². The number of nitrogens with one attached hydrogen (secondary N) is 2. The van der Waals surface area contributed by atoms with E-state index >= 15 is 0 Å². The van der Waals surface area contributed by atoms with E-state index in [9.17, 15) is 24.9 Å². The van der Waals surface area contributed by atoms with Crippen LogP contribution in [0.4, 0.5) is 0 Å². The van der Waals surface area contributed by atoms with Crippen molar-refractivity contribution in [3.8, 4) is 0 Å². The minimum Gasteiger partial charge on any atom is -0.477 e. The normalized spacial score (nSPS) is 35.2. The van der Waals surface area contributed by atoms with Gasteiger partial charge in [-0.25, -0.2) is 4.79 Å². The number of aliphatic hydroxyl groups excluding tert-OH is 2. The molecule has 2 saturated heterocycles. The lowest BCUT2D eigenvalue weighted by Crippen LogP contribution is -2.63. The quantitative estimate of drug-likeness (QED) is 0.349. The summed E-state index contributed by atoms with van der Waals surface area (Å²) in [6.07, 6.45) is 0.168. The fraction of sp³-hybridized carbons (Fsp3) is 0.778. The maximum Gasteiger partial charge on any atom is 0.353 e. The monoisotopic (exact) mass is 399 g/mol. The molecular weight excluding hydrogens is 370 g/mol. The Morgan fingerprint density at radius 3 is 2.74 bits per heavy atom. The summed E-state index contributed by atoms with van der Waals surface area (Å²) in [7, 11) is 1.85. The van der Waals surface area contributed by atoms with Crippen molar-refractivity contribution in [3.05, 3.63) is 10.6 Å². The number of hydrogen-bond donors (Lipinski definition) is 5. The van der Waals surface area contributed by atoms with Crippen LogP contribution in [0.25, 0.3) is 0 Å². The van der Waals surface area contributed by atoms with Gasteiger partial charge in [0, 0.05) is 28.7 Å². The highest BCUT2D eigenvalue weighted by molar-refractivity contribution is 8.03. The summed E-state index contributed by atoms with van der Waals surface area (Å²) in [6, 6.07) is -0.289. The summed E-state index contributed by atoms with van der Waals surface area (Å²) in [6.45, 7) is 4.94. The van der Waals surface area contributed by atoms with E-state index in [1.807, 2.05) is 14.0 Å². The van der Waals surface area contributed by atoms with E-state index in [1.54, 1.807) is 6.92 Å². The summed E-state index contributed by atoms with van der Waals surface area (Å²) in [5, 5.41) is 36.4. The molecule has 8 nitrogen and oxygen atoms in total. The maximum atomic E-state index is 12.4. The van der Waals surface area contributed by atoms with Gasteiger partial charge in [-0.3, -0.25) is 4.79 Å². The first-order chi connectivity index (χ1) is 12.8. The summed E-state index contributed by atoms with van der Waals surface area (Å²) >= 11 is 1.50. The number of rotatable bonds is 8. The third kappa shape index (κ3) is 3.63. The highest BCUT2D eigenvalue weighted by Crippen LogP contribution is 2.51. The largest absolute Gasteiger partial charge is 0.477 e. The second-order valence-electron chi connectivity index (χ2n) is 7.72. The standard InChI is InChI=1S/C18H29N3O5S/c1-8-14-13(9(2)22)17(24)21(14)15(18(25)26)16(8)27-10-6-11(20-7-10)12(23)4-5-19-3/h8-14,19-20,22-23H,4-7H2,1-3H3,(H,25,26)/t8-,9-,10+,11+,12+,13-,14-/m1/s1. The van der Waals surface area contributed by atoms with E-state index in [0.717, 1.165) is 13.0 Å². The first kappa shape index (κ1) is 20.6. The van der Waals surface area contributed by atoms with Crippen molar-refractivity contribution in [2.45, 2.75) is 56.2 Å². The van der Waals surface area contributed by atoms with Crippen molar-refractivity contribution >= 4 is 23.6 Å². The Balaban J connectivity index is 1.71. The molecule has 3 aliphatic rings. The number of carboxylic acid groups (broad SMARTS) is 1. The number of carbonyl (C=O) groups is 2. The van der Waals surface area contributed by atoms with Crippen LogP contribution in [-0.4, -0.2) is 81.8 Å². The molecule has 5 N–H and O–H groups in total. The number of thioether (sulfide) groups is 1. The van der Waals surface area contributed by atoms with Crippen molar-refractivity contribution in [2.24, 2.45) is 11.8 Å². The minimum absolute atomic E-state index is 0.00897. The topological polar surface area (TPSA) is 122 Å². The average Bonchev–Trinajstić information content (AvgIpc) is 3.15. The number of amides is 1. The van der Waals surface area contributed by atoms with Gasteiger partial charge in [0.25, 0.3) is 0 Å². The molecule has 0 radical (unpaired) electrons. The molecule has 0 bridgehead atoms.